The van der Waals surface area contributed by atoms with Crippen molar-refractivity contribution >= 4 is 39.0 Å². The van der Waals surface area contributed by atoms with Crippen LogP contribution in [0.25, 0.3) is 11.0 Å². The molecule has 9 nitrogen and oxygen atoms in total. The third-order valence-corrected chi connectivity index (χ3v) is 6.82. The van der Waals surface area contributed by atoms with Crippen LogP contribution in [-0.4, -0.2) is 63.5 Å². The number of hydrogen-bond acceptors (Lipinski definition) is 6. The zero-order chi connectivity index (χ0) is 28.2. The Morgan fingerprint density at radius 1 is 1.21 bits per heavy atom. The average molecular weight is 555 g/mol. The first-order valence-corrected chi connectivity index (χ1v) is 13.1. The Bertz CT molecular complexity index is 1550. The highest BCUT2D eigenvalue weighted by molar-refractivity contribution is 7.92. The molecule has 38 heavy (non-hydrogen) atoms. The summed E-state index contributed by atoms with van der Waals surface area (Å²) in [5, 5.41) is 0.363. The summed E-state index contributed by atoms with van der Waals surface area (Å²) >= 11 is 0. The van der Waals surface area contributed by atoms with Crippen molar-refractivity contribution < 1.29 is 40.1 Å². The summed E-state index contributed by atoms with van der Waals surface area (Å²) < 4.78 is 79.1. The van der Waals surface area contributed by atoms with E-state index in [1.54, 1.807) is 0 Å². The van der Waals surface area contributed by atoms with Gasteiger partial charge in [0.15, 0.2) is 12.4 Å². The second-order valence-corrected chi connectivity index (χ2v) is 10.6. The number of hydrogen-bond donors (Lipinski definition) is 1. The van der Waals surface area contributed by atoms with Crippen molar-refractivity contribution in [3.63, 3.8) is 0 Å². The largest absolute Gasteiger partial charge is 0.422 e. The zero-order valence-corrected chi connectivity index (χ0v) is 21.9. The number of sulfonamides is 1. The third kappa shape index (κ3) is 6.91. The SMILES string of the molecule is CCS(=O)(=O)Nc1cccc(Cc2c(C[N+](C)=CC(F)F)c3ccc(OC(=O)N(C)C)cc3oc2=O)c1F. The molecule has 0 saturated heterocycles. The number of anilines is 1. The van der Waals surface area contributed by atoms with Crippen molar-refractivity contribution in [2.45, 2.75) is 26.3 Å². The maximum atomic E-state index is 15.2. The zero-order valence-electron chi connectivity index (χ0n) is 21.1. The van der Waals surface area contributed by atoms with Crippen LogP contribution in [0.3, 0.4) is 0 Å². The number of nitrogens with one attached hydrogen (secondary N) is 1. The van der Waals surface area contributed by atoms with E-state index in [1.165, 1.54) is 73.9 Å². The molecule has 0 spiro atoms. The number of carbonyl (C=O) groups is 1. The first-order chi connectivity index (χ1) is 17.8. The van der Waals surface area contributed by atoms with E-state index >= 15 is 4.39 Å². The van der Waals surface area contributed by atoms with Crippen LogP contribution in [0.1, 0.15) is 23.6 Å². The van der Waals surface area contributed by atoms with Crippen LogP contribution < -0.4 is 15.1 Å². The Kier molecular flexibility index (Phi) is 8.82. The van der Waals surface area contributed by atoms with E-state index in [1.807, 2.05) is 0 Å². The van der Waals surface area contributed by atoms with Crippen LogP contribution >= 0.6 is 0 Å². The molecule has 0 fully saturated rings. The van der Waals surface area contributed by atoms with E-state index in [2.05, 4.69) is 4.72 Å². The molecule has 0 radical (unpaired) electrons. The number of amides is 1. The molecule has 0 atom stereocenters. The maximum absolute atomic E-state index is 15.2. The Balaban J connectivity index is 2.15. The molecule has 1 heterocycles. The van der Waals surface area contributed by atoms with E-state index < -0.39 is 34.0 Å². The molecule has 1 N–H and O–H groups in total. The highest BCUT2D eigenvalue weighted by Gasteiger charge is 2.22. The van der Waals surface area contributed by atoms with Gasteiger partial charge in [0.1, 0.15) is 18.4 Å². The van der Waals surface area contributed by atoms with Crippen molar-refractivity contribution in [1.82, 2.24) is 4.90 Å². The predicted octanol–water partition coefficient (Wildman–Crippen LogP) is 3.82. The molecule has 2 aromatic carbocycles. The molecule has 0 aliphatic rings. The first-order valence-electron chi connectivity index (χ1n) is 11.4. The Hall–Kier alpha value is -3.87. The van der Waals surface area contributed by atoms with Crippen molar-refractivity contribution in [3.8, 4) is 5.75 Å². The van der Waals surface area contributed by atoms with Crippen LogP contribution in [0.2, 0.25) is 0 Å². The van der Waals surface area contributed by atoms with Crippen LogP contribution in [0, 0.1) is 5.82 Å². The normalized spacial score (nSPS) is 12.2. The minimum absolute atomic E-state index is 0.000508. The van der Waals surface area contributed by atoms with E-state index in [9.17, 15) is 26.8 Å². The van der Waals surface area contributed by atoms with Crippen molar-refractivity contribution in [2.75, 3.05) is 31.6 Å². The number of benzene rings is 2. The summed E-state index contributed by atoms with van der Waals surface area (Å²) in [6.07, 6.45) is -3.06. The summed E-state index contributed by atoms with van der Waals surface area (Å²) in [5.41, 5.74) is -0.821. The van der Waals surface area contributed by atoms with Gasteiger partial charge < -0.3 is 14.1 Å². The fraction of sp³-hybridized carbons (Fsp3) is 0.320. The monoisotopic (exact) mass is 554 g/mol. The lowest BCUT2D eigenvalue weighted by Crippen LogP contribution is -2.25. The second-order valence-electron chi connectivity index (χ2n) is 8.63. The van der Waals surface area contributed by atoms with Gasteiger partial charge >= 0.3 is 18.1 Å². The van der Waals surface area contributed by atoms with Crippen LogP contribution in [0.4, 0.5) is 23.7 Å². The lowest BCUT2D eigenvalue weighted by Gasteiger charge is -2.14. The van der Waals surface area contributed by atoms with Crippen molar-refractivity contribution in [2.24, 2.45) is 0 Å². The molecule has 0 bridgehead atoms. The quantitative estimate of drug-likeness (QED) is 0.245. The smallest absolute Gasteiger partial charge is 0.414 e. The van der Waals surface area contributed by atoms with Crippen LogP contribution in [0.15, 0.2) is 45.6 Å². The Morgan fingerprint density at radius 2 is 1.92 bits per heavy atom. The maximum Gasteiger partial charge on any atom is 0.414 e. The van der Waals surface area contributed by atoms with E-state index in [0.29, 0.717) is 17.2 Å². The van der Waals surface area contributed by atoms with Gasteiger partial charge in [0.25, 0.3) is 0 Å². The summed E-state index contributed by atoms with van der Waals surface area (Å²) in [5.74, 6) is -1.06. The first kappa shape index (κ1) is 28.7. The lowest BCUT2D eigenvalue weighted by atomic mass is 9.97. The van der Waals surface area contributed by atoms with Crippen LogP contribution in [0.5, 0.6) is 5.75 Å². The van der Waals surface area contributed by atoms with Crippen molar-refractivity contribution in [3.05, 3.63) is 69.3 Å². The number of alkyl halides is 2. The number of carbonyl (C=O) groups excluding carboxylic acids is 1. The molecule has 0 unspecified atom stereocenters. The third-order valence-electron chi connectivity index (χ3n) is 5.53. The summed E-state index contributed by atoms with van der Waals surface area (Å²) in [7, 11) is 0.608. The molecule has 13 heteroatoms. The van der Waals surface area contributed by atoms with Gasteiger partial charge in [0.2, 0.25) is 16.2 Å². The number of rotatable bonds is 9. The summed E-state index contributed by atoms with van der Waals surface area (Å²) in [6.45, 7) is 1.25. The fourth-order valence-electron chi connectivity index (χ4n) is 3.62. The van der Waals surface area contributed by atoms with Gasteiger partial charge in [-0.15, -0.1) is 0 Å². The number of ether oxygens (including phenoxy) is 1. The van der Waals surface area contributed by atoms with Gasteiger partial charge in [-0.3, -0.25) is 4.72 Å². The molecular formula is C25H27F3N3O6S+. The summed E-state index contributed by atoms with van der Waals surface area (Å²) in [6, 6.07) is 8.34. The molecule has 3 rings (SSSR count). The van der Waals surface area contributed by atoms with Gasteiger partial charge in [-0.1, -0.05) is 12.1 Å². The molecule has 3 aromatic rings. The van der Waals surface area contributed by atoms with Gasteiger partial charge in [-0.05, 0) is 30.7 Å². The second kappa shape index (κ2) is 11.7. The van der Waals surface area contributed by atoms with E-state index in [4.69, 9.17) is 9.15 Å². The molecule has 0 aliphatic heterocycles. The Labute approximate surface area is 217 Å². The standard InChI is InChI=1S/C25H27F3N3O6S/c1-5-38(34,35)29-20-8-6-7-15(23(20)28)11-18-19(13-31(4)14-22(26)27)17-10-9-16(36-25(33)30(2)3)12-21(17)37-24(18)32/h6-10,12,14,22,29H,5,11,13H2,1-4H3/q+1. The highest BCUT2D eigenvalue weighted by atomic mass is 32.2. The minimum atomic E-state index is -3.77. The van der Waals surface area contributed by atoms with Gasteiger partial charge in [-0.2, -0.15) is 8.78 Å². The van der Waals surface area contributed by atoms with E-state index in [0.717, 1.165) is 0 Å². The number of halogens is 3. The number of nitrogens with zero attached hydrogens (tertiary/aromatic N) is 2. The van der Waals surface area contributed by atoms with Gasteiger partial charge in [-0.25, -0.2) is 27.0 Å². The molecule has 1 aromatic heterocycles. The molecule has 0 aliphatic carbocycles. The van der Waals surface area contributed by atoms with Gasteiger partial charge in [0, 0.05) is 37.5 Å². The summed E-state index contributed by atoms with van der Waals surface area (Å²) in [4.78, 5) is 26.2. The van der Waals surface area contributed by atoms with Gasteiger partial charge in [0.05, 0.1) is 17.0 Å². The predicted molar refractivity (Wildman–Crippen MR) is 136 cm³/mol. The lowest BCUT2D eigenvalue weighted by molar-refractivity contribution is -0.512. The topological polar surface area (TPSA) is 109 Å². The molecule has 0 saturated carbocycles. The number of fused-ring (bicyclic) bond motifs is 1. The van der Waals surface area contributed by atoms with Crippen molar-refractivity contribution in [1.29, 1.82) is 0 Å². The highest BCUT2D eigenvalue weighted by Crippen LogP contribution is 2.28. The molecular weight excluding hydrogens is 527 g/mol. The van der Waals surface area contributed by atoms with Crippen LogP contribution in [-0.2, 0) is 23.0 Å². The average Bonchev–Trinajstić information content (AvgIpc) is 2.82. The van der Waals surface area contributed by atoms with E-state index in [-0.39, 0.29) is 46.9 Å². The molecule has 204 valence electrons. The molecule has 1 amide bonds. The Morgan fingerprint density at radius 3 is 2.55 bits per heavy atom. The minimum Gasteiger partial charge on any atom is -0.422 e. The fourth-order valence-corrected chi connectivity index (χ4v) is 4.26.